The molecule has 0 spiro atoms. The van der Waals surface area contributed by atoms with Gasteiger partial charge in [-0.1, -0.05) is 0 Å². The highest BCUT2D eigenvalue weighted by atomic mass is 16.1. The lowest BCUT2D eigenvalue weighted by molar-refractivity contribution is 0.100. The summed E-state index contributed by atoms with van der Waals surface area (Å²) < 4.78 is 1.66. The van der Waals surface area contributed by atoms with E-state index in [4.69, 9.17) is 5.73 Å². The summed E-state index contributed by atoms with van der Waals surface area (Å²) in [5.74, 6) is -0.0596. The number of carbonyl (C=O) groups excluding carboxylic acids is 1. The van der Waals surface area contributed by atoms with Crippen LogP contribution in [0.3, 0.4) is 0 Å². The first-order chi connectivity index (χ1) is 5.16. The van der Waals surface area contributed by atoms with Crippen molar-refractivity contribution in [1.82, 2.24) is 9.78 Å². The summed E-state index contributed by atoms with van der Waals surface area (Å²) in [6.45, 7) is 1.89. The second-order valence-corrected chi connectivity index (χ2v) is 2.39. The minimum Gasteiger partial charge on any atom is -0.324 e. The Labute approximate surface area is 65.0 Å². The third-order valence-corrected chi connectivity index (χ3v) is 1.72. The van der Waals surface area contributed by atoms with E-state index in [0.29, 0.717) is 5.56 Å². The molecule has 2 N–H and O–H groups in total. The zero-order valence-electron chi connectivity index (χ0n) is 6.66. The number of hydrogen-bond donors (Lipinski definition) is 1. The van der Waals surface area contributed by atoms with E-state index in [9.17, 15) is 4.79 Å². The lowest BCUT2D eigenvalue weighted by atomic mass is 10.2. The van der Waals surface area contributed by atoms with Crippen molar-refractivity contribution < 1.29 is 4.79 Å². The maximum atomic E-state index is 11.1. The zero-order chi connectivity index (χ0) is 8.43. The van der Waals surface area contributed by atoms with Crippen LogP contribution in [0.1, 0.15) is 16.1 Å². The Morgan fingerprint density at radius 3 is 2.82 bits per heavy atom. The number of Topliss-reactive ketones (excluding diaryl/α,β-unsaturated/α-hetero) is 1. The first-order valence-electron chi connectivity index (χ1n) is 3.38. The second-order valence-electron chi connectivity index (χ2n) is 2.39. The molecule has 0 bridgehead atoms. The number of carbonyl (C=O) groups is 1. The van der Waals surface area contributed by atoms with Crippen LogP contribution in [0.15, 0.2) is 6.20 Å². The molecule has 0 aliphatic heterocycles. The van der Waals surface area contributed by atoms with Crippen LogP contribution in [0, 0.1) is 6.92 Å². The topological polar surface area (TPSA) is 60.9 Å². The summed E-state index contributed by atoms with van der Waals surface area (Å²) in [7, 11) is 1.79. The molecule has 0 amide bonds. The third kappa shape index (κ3) is 1.30. The van der Waals surface area contributed by atoms with Crippen molar-refractivity contribution in [3.05, 3.63) is 17.5 Å². The monoisotopic (exact) mass is 153 g/mol. The van der Waals surface area contributed by atoms with E-state index in [1.54, 1.807) is 17.9 Å². The number of ketones is 1. The van der Waals surface area contributed by atoms with Crippen molar-refractivity contribution in [3.63, 3.8) is 0 Å². The molecule has 0 aliphatic carbocycles. The van der Waals surface area contributed by atoms with Gasteiger partial charge in [0.05, 0.1) is 18.3 Å². The fourth-order valence-corrected chi connectivity index (χ4v) is 0.882. The van der Waals surface area contributed by atoms with Gasteiger partial charge in [0, 0.05) is 12.7 Å². The van der Waals surface area contributed by atoms with Crippen molar-refractivity contribution >= 4 is 5.78 Å². The summed E-state index contributed by atoms with van der Waals surface area (Å²) in [5.41, 5.74) is 6.68. The van der Waals surface area contributed by atoms with Gasteiger partial charge in [-0.2, -0.15) is 5.10 Å². The first kappa shape index (κ1) is 7.94. The molecule has 4 nitrogen and oxygen atoms in total. The predicted molar refractivity (Wildman–Crippen MR) is 41.3 cm³/mol. The van der Waals surface area contributed by atoms with E-state index in [0.717, 1.165) is 5.69 Å². The predicted octanol–water partition coefficient (Wildman–Crippen LogP) is -0.130. The molecule has 0 saturated carbocycles. The van der Waals surface area contributed by atoms with Crippen molar-refractivity contribution in [2.24, 2.45) is 12.8 Å². The molecule has 1 aromatic rings. The molecule has 1 aromatic heterocycles. The van der Waals surface area contributed by atoms with Gasteiger partial charge in [-0.15, -0.1) is 0 Å². The van der Waals surface area contributed by atoms with E-state index in [2.05, 4.69) is 5.10 Å². The fraction of sp³-hybridized carbons (Fsp3) is 0.429. The molecule has 0 saturated heterocycles. The van der Waals surface area contributed by atoms with Crippen molar-refractivity contribution in [1.29, 1.82) is 0 Å². The summed E-state index contributed by atoms with van der Waals surface area (Å²) >= 11 is 0. The molecule has 0 aromatic carbocycles. The van der Waals surface area contributed by atoms with Crippen LogP contribution >= 0.6 is 0 Å². The summed E-state index contributed by atoms with van der Waals surface area (Å²) in [6.07, 6.45) is 1.55. The largest absolute Gasteiger partial charge is 0.324 e. The maximum absolute atomic E-state index is 11.1. The average molecular weight is 153 g/mol. The highest BCUT2D eigenvalue weighted by Crippen LogP contribution is 2.04. The van der Waals surface area contributed by atoms with Crippen LogP contribution in [0.5, 0.6) is 0 Å². The minimum absolute atomic E-state index is 0.0481. The molecule has 0 fully saturated rings. The molecule has 4 heteroatoms. The number of nitrogens with zero attached hydrogens (tertiary/aromatic N) is 2. The molecular weight excluding hydrogens is 142 g/mol. The SMILES string of the molecule is Cc1c(C(=O)CN)cnn1C. The maximum Gasteiger partial charge on any atom is 0.179 e. The number of aryl methyl sites for hydroxylation is 1. The molecule has 60 valence electrons. The van der Waals surface area contributed by atoms with Crippen molar-refractivity contribution in [2.75, 3.05) is 6.54 Å². The molecule has 0 aliphatic rings. The highest BCUT2D eigenvalue weighted by molar-refractivity contribution is 5.98. The van der Waals surface area contributed by atoms with Gasteiger partial charge in [-0.05, 0) is 6.92 Å². The quantitative estimate of drug-likeness (QED) is 0.602. The molecule has 1 heterocycles. The third-order valence-electron chi connectivity index (χ3n) is 1.72. The molecule has 0 unspecified atom stereocenters. The van der Waals surface area contributed by atoms with Gasteiger partial charge in [0.25, 0.3) is 0 Å². The lowest BCUT2D eigenvalue weighted by Gasteiger charge is -1.95. The van der Waals surface area contributed by atoms with E-state index in [-0.39, 0.29) is 12.3 Å². The summed E-state index contributed by atoms with van der Waals surface area (Å²) in [4.78, 5) is 11.1. The average Bonchev–Trinajstić information content (AvgIpc) is 2.32. The van der Waals surface area contributed by atoms with Gasteiger partial charge >= 0.3 is 0 Å². The molecule has 0 atom stereocenters. The fourth-order valence-electron chi connectivity index (χ4n) is 0.882. The van der Waals surface area contributed by atoms with Gasteiger partial charge < -0.3 is 5.73 Å². The van der Waals surface area contributed by atoms with Crippen molar-refractivity contribution in [2.45, 2.75) is 6.92 Å². The molecule has 1 rings (SSSR count). The van der Waals surface area contributed by atoms with Crippen LogP contribution in [-0.2, 0) is 7.05 Å². The van der Waals surface area contributed by atoms with Gasteiger partial charge in [0.15, 0.2) is 5.78 Å². The Bertz CT molecular complexity index is 277. The van der Waals surface area contributed by atoms with Crippen LogP contribution in [0.4, 0.5) is 0 Å². The van der Waals surface area contributed by atoms with Crippen LogP contribution in [0.2, 0.25) is 0 Å². The number of rotatable bonds is 2. The lowest BCUT2D eigenvalue weighted by Crippen LogP contribution is -2.14. The Balaban J connectivity index is 3.04. The number of nitrogens with two attached hydrogens (primary N) is 1. The Morgan fingerprint density at radius 1 is 1.82 bits per heavy atom. The zero-order valence-corrected chi connectivity index (χ0v) is 6.66. The number of aromatic nitrogens is 2. The van der Waals surface area contributed by atoms with Crippen LogP contribution in [0.25, 0.3) is 0 Å². The van der Waals surface area contributed by atoms with E-state index < -0.39 is 0 Å². The summed E-state index contributed by atoms with van der Waals surface area (Å²) in [6, 6.07) is 0. The highest BCUT2D eigenvalue weighted by Gasteiger charge is 2.09. The van der Waals surface area contributed by atoms with Gasteiger partial charge in [0.1, 0.15) is 0 Å². The van der Waals surface area contributed by atoms with Crippen LogP contribution in [-0.4, -0.2) is 22.1 Å². The smallest absolute Gasteiger partial charge is 0.179 e. The molecule has 11 heavy (non-hydrogen) atoms. The normalized spacial score (nSPS) is 10.1. The first-order valence-corrected chi connectivity index (χ1v) is 3.38. The molecular formula is C7H11N3O. The van der Waals surface area contributed by atoms with Gasteiger partial charge in [0.2, 0.25) is 0 Å². The Kier molecular flexibility index (Phi) is 2.05. The van der Waals surface area contributed by atoms with Gasteiger partial charge in [-0.25, -0.2) is 0 Å². The summed E-state index contributed by atoms with van der Waals surface area (Å²) in [5, 5.41) is 3.93. The van der Waals surface area contributed by atoms with E-state index >= 15 is 0 Å². The minimum atomic E-state index is -0.0596. The standard InChI is InChI=1S/C7H11N3O/c1-5-6(7(11)3-8)4-9-10(5)2/h4H,3,8H2,1-2H3. The van der Waals surface area contributed by atoms with Crippen LogP contribution < -0.4 is 5.73 Å². The second kappa shape index (κ2) is 2.84. The van der Waals surface area contributed by atoms with Crippen molar-refractivity contribution in [3.8, 4) is 0 Å². The van der Waals surface area contributed by atoms with E-state index in [1.165, 1.54) is 0 Å². The Hall–Kier alpha value is -1.16. The van der Waals surface area contributed by atoms with Gasteiger partial charge in [-0.3, -0.25) is 9.48 Å². The Morgan fingerprint density at radius 2 is 2.45 bits per heavy atom. The number of hydrogen-bond acceptors (Lipinski definition) is 3. The molecule has 0 radical (unpaired) electrons. The van der Waals surface area contributed by atoms with E-state index in [1.807, 2.05) is 6.92 Å².